The summed E-state index contributed by atoms with van der Waals surface area (Å²) in [5.41, 5.74) is 0.808. The van der Waals surface area contributed by atoms with Gasteiger partial charge in [0.05, 0.1) is 7.11 Å². The Morgan fingerprint density at radius 3 is 2.64 bits per heavy atom. The number of amides is 1. The number of unbranched alkanes of at least 4 members (excludes halogenated alkanes) is 2. The average molecular weight is 349 g/mol. The second-order valence-electron chi connectivity index (χ2n) is 6.05. The van der Waals surface area contributed by atoms with E-state index in [0.29, 0.717) is 24.6 Å². The fourth-order valence-electron chi connectivity index (χ4n) is 2.21. The van der Waals surface area contributed by atoms with E-state index in [1.807, 2.05) is 0 Å². The highest BCUT2D eigenvalue weighted by Gasteiger charge is 2.10. The van der Waals surface area contributed by atoms with Gasteiger partial charge < -0.3 is 19.9 Å². The number of hydrogen-bond donors (Lipinski definition) is 2. The smallest absolute Gasteiger partial charge is 0.493 e. The Morgan fingerprint density at radius 1 is 1.24 bits per heavy atom. The Morgan fingerprint density at radius 2 is 2.00 bits per heavy atom. The Hall–Kier alpha value is -2.50. The molecule has 0 spiro atoms. The largest absolute Gasteiger partial charge is 0.511 e. The molecule has 0 fully saturated rings. The third-order valence-corrected chi connectivity index (χ3v) is 3.46. The van der Waals surface area contributed by atoms with Crippen LogP contribution < -0.4 is 14.8 Å². The van der Waals surface area contributed by atoms with E-state index in [0.717, 1.165) is 24.8 Å². The van der Waals surface area contributed by atoms with Crippen molar-refractivity contribution >= 4 is 12.1 Å². The maximum Gasteiger partial charge on any atom is 0.511 e. The lowest BCUT2D eigenvalue weighted by molar-refractivity contribution is -0.121. The van der Waals surface area contributed by atoms with E-state index in [1.165, 1.54) is 13.2 Å². The van der Waals surface area contributed by atoms with Gasteiger partial charge in [0.15, 0.2) is 11.5 Å². The second kappa shape index (κ2) is 11.1. The lowest BCUT2D eigenvalue weighted by Gasteiger charge is -2.10. The minimum Gasteiger partial charge on any atom is -0.493 e. The van der Waals surface area contributed by atoms with Gasteiger partial charge in [-0.05, 0) is 42.9 Å². The van der Waals surface area contributed by atoms with Crippen molar-refractivity contribution < 1.29 is 24.2 Å². The summed E-state index contributed by atoms with van der Waals surface area (Å²) in [5.74, 6) is 0.996. The molecule has 1 aromatic rings. The quantitative estimate of drug-likeness (QED) is 0.287. The van der Waals surface area contributed by atoms with Crippen LogP contribution in [0.4, 0.5) is 4.79 Å². The fourth-order valence-corrected chi connectivity index (χ4v) is 2.21. The average Bonchev–Trinajstić information content (AvgIpc) is 2.56. The predicted molar refractivity (Wildman–Crippen MR) is 95.9 cm³/mol. The normalized spacial score (nSPS) is 10.9. The summed E-state index contributed by atoms with van der Waals surface area (Å²) < 4.78 is 9.72. The van der Waals surface area contributed by atoms with Gasteiger partial charge in [0, 0.05) is 13.0 Å². The molecule has 0 atom stereocenters. The van der Waals surface area contributed by atoms with Crippen molar-refractivity contribution in [1.82, 2.24) is 5.32 Å². The van der Waals surface area contributed by atoms with Crippen molar-refractivity contribution in [2.24, 2.45) is 5.92 Å². The van der Waals surface area contributed by atoms with Crippen molar-refractivity contribution in [3.8, 4) is 11.5 Å². The number of carboxylic acid groups (broad SMARTS) is 1. The summed E-state index contributed by atoms with van der Waals surface area (Å²) in [6.07, 6.45) is 6.26. The highest BCUT2D eigenvalue weighted by Crippen LogP contribution is 2.28. The predicted octanol–water partition coefficient (Wildman–Crippen LogP) is 4.14. The minimum atomic E-state index is -1.40. The van der Waals surface area contributed by atoms with E-state index < -0.39 is 6.16 Å². The van der Waals surface area contributed by atoms with Gasteiger partial charge >= 0.3 is 6.16 Å². The number of carbonyl (C=O) groups is 2. The number of nitrogens with one attached hydrogen (secondary N) is 1. The third-order valence-electron chi connectivity index (χ3n) is 3.46. The summed E-state index contributed by atoms with van der Waals surface area (Å²) in [7, 11) is 1.43. The zero-order valence-electron chi connectivity index (χ0n) is 15.1. The SMILES string of the molecule is COc1cc(CNC(=O)CCCCC=CC(C)C)ccc1OC(=O)O. The summed E-state index contributed by atoms with van der Waals surface area (Å²) in [5, 5.41) is 11.5. The molecule has 1 amide bonds. The molecule has 0 saturated heterocycles. The highest BCUT2D eigenvalue weighted by molar-refractivity contribution is 5.75. The molecule has 6 nitrogen and oxygen atoms in total. The minimum absolute atomic E-state index is 0.00216. The summed E-state index contributed by atoms with van der Waals surface area (Å²) in [6, 6.07) is 4.85. The van der Waals surface area contributed by atoms with E-state index in [9.17, 15) is 9.59 Å². The van der Waals surface area contributed by atoms with Crippen LogP contribution in [0, 0.1) is 5.92 Å². The van der Waals surface area contributed by atoms with Gasteiger partial charge in [0.1, 0.15) is 0 Å². The summed E-state index contributed by atoms with van der Waals surface area (Å²) in [4.78, 5) is 22.5. The van der Waals surface area contributed by atoms with Gasteiger partial charge in [-0.1, -0.05) is 32.1 Å². The van der Waals surface area contributed by atoms with Crippen LogP contribution in [0.25, 0.3) is 0 Å². The van der Waals surface area contributed by atoms with Gasteiger partial charge in [-0.3, -0.25) is 4.79 Å². The van der Waals surface area contributed by atoms with Crippen molar-refractivity contribution in [2.45, 2.75) is 46.1 Å². The van der Waals surface area contributed by atoms with Gasteiger partial charge in [0.25, 0.3) is 0 Å². The van der Waals surface area contributed by atoms with Crippen molar-refractivity contribution in [1.29, 1.82) is 0 Å². The van der Waals surface area contributed by atoms with Crippen LogP contribution in [0.3, 0.4) is 0 Å². The molecule has 0 radical (unpaired) electrons. The first-order valence-corrected chi connectivity index (χ1v) is 8.43. The van der Waals surface area contributed by atoms with E-state index in [2.05, 4.69) is 36.1 Å². The number of ether oxygens (including phenoxy) is 2. The molecule has 1 aromatic carbocycles. The van der Waals surface area contributed by atoms with Crippen LogP contribution in [-0.4, -0.2) is 24.3 Å². The van der Waals surface area contributed by atoms with Gasteiger partial charge in [-0.25, -0.2) is 4.79 Å². The molecule has 0 heterocycles. The summed E-state index contributed by atoms with van der Waals surface area (Å²) in [6.45, 7) is 4.63. The lowest BCUT2D eigenvalue weighted by Crippen LogP contribution is -2.22. The highest BCUT2D eigenvalue weighted by atomic mass is 16.7. The topological polar surface area (TPSA) is 84.9 Å². The Balaban J connectivity index is 2.37. The Bertz CT molecular complexity index is 595. The lowest BCUT2D eigenvalue weighted by atomic mass is 10.1. The zero-order valence-corrected chi connectivity index (χ0v) is 15.1. The number of carbonyl (C=O) groups excluding carboxylic acids is 1. The first kappa shape index (κ1) is 20.5. The molecule has 0 bridgehead atoms. The van der Waals surface area contributed by atoms with Crippen LogP contribution >= 0.6 is 0 Å². The molecule has 0 aliphatic rings. The first-order chi connectivity index (χ1) is 11.9. The zero-order chi connectivity index (χ0) is 18.7. The maximum atomic E-state index is 11.9. The van der Waals surface area contributed by atoms with Crippen molar-refractivity contribution in [3.05, 3.63) is 35.9 Å². The molecule has 6 heteroatoms. The van der Waals surface area contributed by atoms with Crippen LogP contribution in [0.1, 0.15) is 45.1 Å². The monoisotopic (exact) mass is 349 g/mol. The van der Waals surface area contributed by atoms with Gasteiger partial charge in [0.2, 0.25) is 5.91 Å². The molecule has 25 heavy (non-hydrogen) atoms. The maximum absolute atomic E-state index is 11.9. The van der Waals surface area contributed by atoms with Gasteiger partial charge in [-0.15, -0.1) is 0 Å². The van der Waals surface area contributed by atoms with Crippen LogP contribution in [0.5, 0.6) is 11.5 Å². The van der Waals surface area contributed by atoms with Crippen molar-refractivity contribution in [3.63, 3.8) is 0 Å². The van der Waals surface area contributed by atoms with Crippen LogP contribution in [0.2, 0.25) is 0 Å². The third kappa shape index (κ3) is 8.79. The van der Waals surface area contributed by atoms with Crippen LogP contribution in [0.15, 0.2) is 30.4 Å². The number of hydrogen-bond acceptors (Lipinski definition) is 4. The molecule has 0 saturated carbocycles. The molecular weight excluding hydrogens is 322 g/mol. The van der Waals surface area contributed by atoms with E-state index in [4.69, 9.17) is 9.84 Å². The Labute approximate surface area is 148 Å². The van der Waals surface area contributed by atoms with Gasteiger partial charge in [-0.2, -0.15) is 0 Å². The molecule has 1 rings (SSSR count). The van der Waals surface area contributed by atoms with E-state index in [1.54, 1.807) is 12.1 Å². The fraction of sp³-hybridized carbons (Fsp3) is 0.474. The molecule has 2 N–H and O–H groups in total. The number of allylic oxidation sites excluding steroid dienone is 2. The number of benzene rings is 1. The van der Waals surface area contributed by atoms with E-state index >= 15 is 0 Å². The second-order valence-corrected chi connectivity index (χ2v) is 6.05. The molecule has 0 aliphatic carbocycles. The van der Waals surface area contributed by atoms with Crippen molar-refractivity contribution in [2.75, 3.05) is 7.11 Å². The Kier molecular flexibility index (Phi) is 9.14. The number of methoxy groups -OCH3 is 1. The molecule has 0 aliphatic heterocycles. The first-order valence-electron chi connectivity index (χ1n) is 8.43. The molecule has 0 unspecified atom stereocenters. The standard InChI is InChI=1S/C19H27NO5/c1-14(2)8-6-4-5-7-9-18(21)20-13-15-10-11-16(25-19(22)23)17(12-15)24-3/h6,8,10-12,14H,4-5,7,9,13H2,1-3H3,(H,20,21)(H,22,23). The molecule has 138 valence electrons. The van der Waals surface area contributed by atoms with Crippen LogP contribution in [-0.2, 0) is 11.3 Å². The summed E-state index contributed by atoms with van der Waals surface area (Å²) >= 11 is 0. The number of rotatable bonds is 10. The molecular formula is C19H27NO5. The molecule has 0 aromatic heterocycles. The van der Waals surface area contributed by atoms with E-state index in [-0.39, 0.29) is 11.7 Å².